The Balaban J connectivity index is 1.65. The van der Waals surface area contributed by atoms with E-state index in [1.54, 1.807) is 6.20 Å². The van der Waals surface area contributed by atoms with Crippen LogP contribution in [0.3, 0.4) is 0 Å². The normalized spacial score (nSPS) is 21.9. The molecule has 2 aliphatic rings. The number of halogens is 2. The number of aromatic nitrogens is 1. The van der Waals surface area contributed by atoms with Crippen LogP contribution in [0.25, 0.3) is 0 Å². The van der Waals surface area contributed by atoms with E-state index in [2.05, 4.69) is 39.5 Å². The third-order valence-corrected chi connectivity index (χ3v) is 11.3. The Morgan fingerprint density at radius 1 is 0.939 bits per heavy atom. The molecular weight excluding hydrogens is 681 g/mol. The summed E-state index contributed by atoms with van der Waals surface area (Å²) in [5.74, 6) is 1.22. The van der Waals surface area contributed by atoms with Crippen molar-refractivity contribution in [2.45, 2.75) is 64.5 Å². The first kappa shape index (κ1) is 37.1. The number of benzene rings is 2. The highest BCUT2D eigenvalue weighted by Crippen LogP contribution is 2.54. The zero-order chi connectivity index (χ0) is 35.8. The average Bonchev–Trinajstić information content (AvgIpc) is 3.28. The number of nitrogens with zero attached hydrogens (tertiary/aromatic N) is 5. The molecule has 3 aromatic rings. The SMILES string of the molecule is CCOc1cc(C(C)(C)C)ncc1C1=NC(C)(c2ccc(Cl)cc2)C(C)(c2ccc(Cl)cc2)N1C(=O)N1CCN(CCCS(C)(=O)=O)CC1. The topological polar surface area (TPSA) is 95.4 Å². The van der Waals surface area contributed by atoms with Crippen molar-refractivity contribution in [3.63, 3.8) is 0 Å². The maximum absolute atomic E-state index is 15.1. The van der Waals surface area contributed by atoms with Gasteiger partial charge >= 0.3 is 6.03 Å². The van der Waals surface area contributed by atoms with Gasteiger partial charge in [-0.2, -0.15) is 0 Å². The van der Waals surface area contributed by atoms with Crippen LogP contribution in [0.1, 0.15) is 70.3 Å². The van der Waals surface area contributed by atoms with Crippen molar-refractivity contribution in [2.75, 3.05) is 51.3 Å². The summed E-state index contributed by atoms with van der Waals surface area (Å²) < 4.78 is 29.6. The molecule has 5 rings (SSSR count). The molecule has 0 radical (unpaired) electrons. The first-order valence-electron chi connectivity index (χ1n) is 16.7. The number of hydrogen-bond acceptors (Lipinski definition) is 7. The third kappa shape index (κ3) is 7.62. The smallest absolute Gasteiger partial charge is 0.326 e. The summed E-state index contributed by atoms with van der Waals surface area (Å²) in [4.78, 5) is 31.4. The van der Waals surface area contributed by atoms with E-state index in [9.17, 15) is 8.42 Å². The van der Waals surface area contributed by atoms with Gasteiger partial charge in [0.25, 0.3) is 0 Å². The number of urea groups is 1. The molecule has 0 N–H and O–H groups in total. The zero-order valence-corrected chi connectivity index (χ0v) is 31.8. The Morgan fingerprint density at radius 3 is 2.04 bits per heavy atom. The Hall–Kier alpha value is -3.18. The molecule has 2 unspecified atom stereocenters. The molecule has 0 aliphatic carbocycles. The largest absolute Gasteiger partial charge is 0.493 e. The average molecular weight is 729 g/mol. The Labute approximate surface area is 301 Å². The minimum Gasteiger partial charge on any atom is -0.493 e. The molecule has 0 spiro atoms. The maximum atomic E-state index is 15.1. The molecule has 0 bridgehead atoms. The second-order valence-corrected chi connectivity index (χ2v) is 17.4. The lowest BCUT2D eigenvalue weighted by atomic mass is 9.71. The van der Waals surface area contributed by atoms with E-state index >= 15 is 4.79 Å². The second-order valence-electron chi connectivity index (χ2n) is 14.3. The zero-order valence-electron chi connectivity index (χ0n) is 29.5. The van der Waals surface area contributed by atoms with Crippen LogP contribution in [0.15, 0.2) is 65.8 Å². The molecule has 1 aromatic heterocycles. The van der Waals surface area contributed by atoms with Crippen LogP contribution in [0.5, 0.6) is 5.75 Å². The van der Waals surface area contributed by atoms with E-state index in [0.717, 1.165) is 16.8 Å². The van der Waals surface area contributed by atoms with E-state index in [1.807, 2.05) is 71.3 Å². The Morgan fingerprint density at radius 2 is 1.51 bits per heavy atom. The molecule has 2 amide bonds. The number of aliphatic imine (C=N–C) groups is 1. The van der Waals surface area contributed by atoms with Crippen molar-refractivity contribution in [1.82, 2.24) is 19.7 Å². The molecule has 1 fully saturated rings. The molecule has 0 saturated carbocycles. The molecule has 12 heteroatoms. The van der Waals surface area contributed by atoms with Crippen LogP contribution in [0, 0.1) is 0 Å². The van der Waals surface area contributed by atoms with E-state index in [4.69, 9.17) is 37.9 Å². The second kappa shape index (κ2) is 14.2. The molecule has 2 aliphatic heterocycles. The van der Waals surface area contributed by atoms with Gasteiger partial charge in [-0.25, -0.2) is 13.2 Å². The standard InChI is InChI=1S/C37H47Cl2N5O4S/c1-8-48-31-24-32(35(2,3)4)40-25-30(31)33-41-36(5,26-10-14-28(38)15-11-26)37(6,27-12-16-29(39)17-13-27)44(33)34(45)43-21-19-42(20-22-43)18-9-23-49(7,46)47/h10-17,24-25H,8-9,18-23H2,1-7H3. The number of ether oxygens (including phenoxy) is 1. The molecule has 2 aromatic carbocycles. The van der Waals surface area contributed by atoms with Gasteiger partial charge in [-0.3, -0.25) is 19.8 Å². The monoisotopic (exact) mass is 727 g/mol. The number of amidine groups is 1. The fourth-order valence-corrected chi connectivity index (χ4v) is 7.62. The van der Waals surface area contributed by atoms with Crippen molar-refractivity contribution in [1.29, 1.82) is 0 Å². The summed E-state index contributed by atoms with van der Waals surface area (Å²) in [7, 11) is -3.03. The van der Waals surface area contributed by atoms with Crippen molar-refractivity contribution < 1.29 is 17.9 Å². The van der Waals surface area contributed by atoms with Gasteiger partial charge in [-0.1, -0.05) is 68.2 Å². The Kier molecular flexibility index (Phi) is 10.8. The van der Waals surface area contributed by atoms with Crippen molar-refractivity contribution in [2.24, 2.45) is 4.99 Å². The van der Waals surface area contributed by atoms with E-state index in [0.29, 0.717) is 72.9 Å². The van der Waals surface area contributed by atoms with Crippen molar-refractivity contribution in [3.05, 3.63) is 93.2 Å². The van der Waals surface area contributed by atoms with E-state index < -0.39 is 20.9 Å². The number of carbonyl (C=O) groups is 1. The lowest BCUT2D eigenvalue weighted by Crippen LogP contribution is -2.60. The maximum Gasteiger partial charge on any atom is 0.326 e. The van der Waals surface area contributed by atoms with Gasteiger partial charge in [0.1, 0.15) is 32.5 Å². The fraction of sp³-hybridized carbons (Fsp3) is 0.486. The van der Waals surface area contributed by atoms with Gasteiger partial charge in [0.15, 0.2) is 0 Å². The van der Waals surface area contributed by atoms with Crippen LogP contribution in [-0.4, -0.2) is 91.3 Å². The molecule has 9 nitrogen and oxygen atoms in total. The van der Waals surface area contributed by atoms with Crippen LogP contribution in [0.4, 0.5) is 4.79 Å². The number of rotatable bonds is 9. The van der Waals surface area contributed by atoms with Crippen molar-refractivity contribution in [3.8, 4) is 5.75 Å². The Bertz CT molecular complexity index is 1800. The van der Waals surface area contributed by atoms with Gasteiger partial charge in [0.2, 0.25) is 0 Å². The van der Waals surface area contributed by atoms with Crippen LogP contribution in [-0.2, 0) is 26.3 Å². The van der Waals surface area contributed by atoms with Gasteiger partial charge in [-0.15, -0.1) is 0 Å². The number of pyridine rings is 1. The number of hydrogen-bond donors (Lipinski definition) is 0. The van der Waals surface area contributed by atoms with Gasteiger partial charge in [0, 0.05) is 65.9 Å². The summed E-state index contributed by atoms with van der Waals surface area (Å²) in [6, 6.07) is 17.0. The highest BCUT2D eigenvalue weighted by atomic mass is 35.5. The summed E-state index contributed by atoms with van der Waals surface area (Å²) in [6.45, 7) is 15.7. The molecule has 1 saturated heterocycles. The predicted octanol–water partition coefficient (Wildman–Crippen LogP) is 7.15. The molecule has 49 heavy (non-hydrogen) atoms. The molecule has 2 atom stereocenters. The molecule has 3 heterocycles. The van der Waals surface area contributed by atoms with Gasteiger partial charge < -0.3 is 9.64 Å². The van der Waals surface area contributed by atoms with Gasteiger partial charge in [-0.05, 0) is 69.1 Å². The minimum atomic E-state index is -3.03. The summed E-state index contributed by atoms with van der Waals surface area (Å²) in [5, 5.41) is 1.19. The lowest BCUT2D eigenvalue weighted by Gasteiger charge is -2.47. The number of amides is 2. The number of sulfone groups is 1. The lowest BCUT2D eigenvalue weighted by molar-refractivity contribution is 0.0868. The molecule has 264 valence electrons. The highest BCUT2D eigenvalue weighted by Gasteiger charge is 2.60. The number of carbonyl (C=O) groups excluding carboxylic acids is 1. The predicted molar refractivity (Wildman–Crippen MR) is 198 cm³/mol. The van der Waals surface area contributed by atoms with E-state index in [1.165, 1.54) is 6.26 Å². The fourth-order valence-electron chi connectivity index (χ4n) is 6.71. The first-order valence-corrected chi connectivity index (χ1v) is 19.5. The van der Waals surface area contributed by atoms with Crippen molar-refractivity contribution >= 4 is 44.9 Å². The van der Waals surface area contributed by atoms with Crippen LogP contribution in [0.2, 0.25) is 10.0 Å². The van der Waals surface area contributed by atoms with E-state index in [-0.39, 0.29) is 17.2 Å². The quantitative estimate of drug-likeness (QED) is 0.232. The summed E-state index contributed by atoms with van der Waals surface area (Å²) in [6.07, 6.45) is 3.60. The summed E-state index contributed by atoms with van der Waals surface area (Å²) >= 11 is 12.8. The number of piperazine rings is 1. The first-order chi connectivity index (χ1) is 23.0. The third-order valence-electron chi connectivity index (χ3n) is 9.75. The molecular formula is C37H47Cl2N5O4S. The van der Waals surface area contributed by atoms with Crippen LogP contribution < -0.4 is 4.74 Å². The van der Waals surface area contributed by atoms with Gasteiger partial charge in [0.05, 0.1) is 17.9 Å². The highest BCUT2D eigenvalue weighted by molar-refractivity contribution is 7.90. The minimum absolute atomic E-state index is 0.146. The van der Waals surface area contributed by atoms with Crippen LogP contribution >= 0.6 is 23.2 Å². The summed E-state index contributed by atoms with van der Waals surface area (Å²) in [5.41, 5.74) is 0.999.